The van der Waals surface area contributed by atoms with Crippen LogP contribution in [0.15, 0.2) is 59.9 Å². The summed E-state index contributed by atoms with van der Waals surface area (Å²) in [5.74, 6) is -0.364. The summed E-state index contributed by atoms with van der Waals surface area (Å²) in [7, 11) is 4.76. The van der Waals surface area contributed by atoms with Crippen LogP contribution in [0, 0.1) is 16.7 Å². The highest BCUT2D eigenvalue weighted by Gasteiger charge is 2.45. The molecule has 8 nitrogen and oxygen atoms in total. The SMILES string of the molecule is CN/C=C(\C=N)c1cc(C#N)ccc1C1C2=C(CCN(C)C2=O)N(c2cccc(C(F)(F)F)c2)C(=O)N1C. The number of anilines is 1. The second-order valence-electron chi connectivity index (χ2n) is 8.96. The standard InChI is InChI=1S/C27H25F3N6O2/c1-33-15-17(14-32)21-11-16(13-31)7-8-20(21)24-23-22(9-10-34(2)25(23)37)36(26(38)35(24)3)19-6-4-5-18(12-19)27(28,29)30/h4-8,11-12,14-15,24,32-33H,9-10H2,1-3H3/b17-15+,32-14?. The molecule has 11 heteroatoms. The first kappa shape index (κ1) is 26.5. The van der Waals surface area contributed by atoms with E-state index in [0.717, 1.165) is 18.3 Å². The molecular weight excluding hydrogens is 497 g/mol. The van der Waals surface area contributed by atoms with Crippen molar-refractivity contribution in [3.05, 3.63) is 82.2 Å². The number of rotatable bonds is 5. The molecule has 2 aromatic rings. The van der Waals surface area contributed by atoms with Crippen molar-refractivity contribution >= 4 is 29.4 Å². The molecule has 2 heterocycles. The number of carbonyl (C=O) groups excluding carboxylic acids is 2. The number of halogens is 3. The zero-order valence-electron chi connectivity index (χ0n) is 20.9. The fraction of sp³-hybridized carbons (Fsp3) is 0.259. The van der Waals surface area contributed by atoms with E-state index in [0.29, 0.717) is 28.0 Å². The number of nitrogens with zero attached hydrogens (tertiary/aromatic N) is 4. The number of allylic oxidation sites excluding steroid dienone is 1. The number of amides is 3. The number of hydrogen-bond acceptors (Lipinski definition) is 5. The Hall–Kier alpha value is -4.59. The van der Waals surface area contributed by atoms with E-state index in [1.54, 1.807) is 38.5 Å². The normalized spacial score (nSPS) is 18.4. The predicted molar refractivity (Wildman–Crippen MR) is 136 cm³/mol. The highest BCUT2D eigenvalue weighted by molar-refractivity contribution is 6.10. The summed E-state index contributed by atoms with van der Waals surface area (Å²) in [6, 6.07) is 9.81. The first-order valence-corrected chi connectivity index (χ1v) is 11.7. The van der Waals surface area contributed by atoms with Gasteiger partial charge in [0.2, 0.25) is 0 Å². The lowest BCUT2D eigenvalue weighted by Crippen LogP contribution is -2.53. The maximum absolute atomic E-state index is 13.8. The van der Waals surface area contributed by atoms with Gasteiger partial charge in [-0.3, -0.25) is 9.69 Å². The molecule has 0 aliphatic carbocycles. The van der Waals surface area contributed by atoms with E-state index in [1.807, 2.05) is 0 Å². The Morgan fingerprint density at radius 2 is 1.92 bits per heavy atom. The van der Waals surface area contributed by atoms with E-state index in [1.165, 1.54) is 33.9 Å². The van der Waals surface area contributed by atoms with Gasteiger partial charge in [-0.15, -0.1) is 0 Å². The van der Waals surface area contributed by atoms with Crippen LogP contribution in [0.25, 0.3) is 5.57 Å². The van der Waals surface area contributed by atoms with E-state index in [2.05, 4.69) is 11.4 Å². The highest BCUT2D eigenvalue weighted by Crippen LogP contribution is 2.44. The van der Waals surface area contributed by atoms with Gasteiger partial charge in [0.1, 0.15) is 0 Å². The van der Waals surface area contributed by atoms with E-state index in [9.17, 15) is 28.0 Å². The molecule has 0 bridgehead atoms. The van der Waals surface area contributed by atoms with Gasteiger partial charge in [0.25, 0.3) is 5.91 Å². The van der Waals surface area contributed by atoms with Crippen molar-refractivity contribution in [2.45, 2.75) is 18.6 Å². The molecule has 38 heavy (non-hydrogen) atoms. The van der Waals surface area contributed by atoms with Gasteiger partial charge >= 0.3 is 12.2 Å². The minimum atomic E-state index is -4.61. The molecule has 0 saturated carbocycles. The molecule has 0 radical (unpaired) electrons. The number of nitriles is 1. The summed E-state index contributed by atoms with van der Waals surface area (Å²) in [5, 5.41) is 20.3. The molecule has 1 atom stereocenters. The Kier molecular flexibility index (Phi) is 7.00. The van der Waals surface area contributed by atoms with Crippen LogP contribution < -0.4 is 10.2 Å². The average molecular weight is 523 g/mol. The van der Waals surface area contributed by atoms with Crippen molar-refractivity contribution in [3.8, 4) is 6.07 Å². The van der Waals surface area contributed by atoms with Gasteiger partial charge in [-0.1, -0.05) is 12.1 Å². The molecular formula is C27H25F3N6O2. The maximum Gasteiger partial charge on any atom is 0.416 e. The quantitative estimate of drug-likeness (QED) is 0.564. The Labute approximate surface area is 217 Å². The molecule has 3 amide bonds. The third-order valence-corrected chi connectivity index (χ3v) is 6.67. The lowest BCUT2D eigenvalue weighted by atomic mass is 9.84. The number of likely N-dealkylation sites (N-methyl/N-ethyl adjacent to an activating group) is 2. The molecule has 0 fully saturated rings. The molecule has 0 aromatic heterocycles. The first-order chi connectivity index (χ1) is 18.0. The summed E-state index contributed by atoms with van der Waals surface area (Å²) >= 11 is 0. The molecule has 196 valence electrons. The van der Waals surface area contributed by atoms with E-state index < -0.39 is 23.8 Å². The van der Waals surface area contributed by atoms with E-state index in [4.69, 9.17) is 5.41 Å². The van der Waals surface area contributed by atoms with Gasteiger partial charge in [0, 0.05) is 57.8 Å². The van der Waals surface area contributed by atoms with Crippen LogP contribution in [0.2, 0.25) is 0 Å². The van der Waals surface area contributed by atoms with Crippen molar-refractivity contribution in [3.63, 3.8) is 0 Å². The van der Waals surface area contributed by atoms with Crippen molar-refractivity contribution in [2.75, 3.05) is 32.6 Å². The van der Waals surface area contributed by atoms with Crippen LogP contribution in [0.5, 0.6) is 0 Å². The maximum atomic E-state index is 13.8. The lowest BCUT2D eigenvalue weighted by Gasteiger charge is -2.45. The Bertz CT molecular complexity index is 1420. The number of carbonyl (C=O) groups is 2. The van der Waals surface area contributed by atoms with Crippen molar-refractivity contribution in [2.24, 2.45) is 0 Å². The molecule has 2 N–H and O–H groups in total. The highest BCUT2D eigenvalue weighted by atomic mass is 19.4. The molecule has 4 rings (SSSR count). The van der Waals surface area contributed by atoms with Crippen LogP contribution in [0.3, 0.4) is 0 Å². The lowest BCUT2D eigenvalue weighted by molar-refractivity contribution is -0.137. The summed E-state index contributed by atoms with van der Waals surface area (Å²) in [6.45, 7) is 0.280. The second-order valence-corrected chi connectivity index (χ2v) is 8.96. The first-order valence-electron chi connectivity index (χ1n) is 11.7. The van der Waals surface area contributed by atoms with Crippen LogP contribution in [0.1, 0.15) is 34.7 Å². The summed E-state index contributed by atoms with van der Waals surface area (Å²) in [6.07, 6.45) is -1.69. The van der Waals surface area contributed by atoms with Crippen LogP contribution in [0.4, 0.5) is 23.7 Å². The van der Waals surface area contributed by atoms with Crippen LogP contribution in [-0.4, -0.2) is 55.6 Å². The zero-order chi connectivity index (χ0) is 27.8. The molecule has 2 aromatic carbocycles. The number of nitrogens with one attached hydrogen (secondary N) is 2. The van der Waals surface area contributed by atoms with E-state index in [-0.39, 0.29) is 30.1 Å². The fourth-order valence-electron chi connectivity index (χ4n) is 4.84. The summed E-state index contributed by atoms with van der Waals surface area (Å²) < 4.78 is 40.4. The topological polar surface area (TPSA) is 104 Å². The second kappa shape index (κ2) is 10.0. The van der Waals surface area contributed by atoms with Gasteiger partial charge in [0.05, 0.1) is 34.5 Å². The summed E-state index contributed by atoms with van der Waals surface area (Å²) in [5.41, 5.74) is 1.39. The van der Waals surface area contributed by atoms with Gasteiger partial charge in [-0.2, -0.15) is 18.4 Å². The number of hydrogen-bond donors (Lipinski definition) is 2. The molecule has 1 unspecified atom stereocenters. The van der Waals surface area contributed by atoms with Crippen molar-refractivity contribution in [1.29, 1.82) is 10.7 Å². The molecule has 2 aliphatic rings. The molecule has 0 spiro atoms. The average Bonchev–Trinajstić information content (AvgIpc) is 2.90. The monoisotopic (exact) mass is 522 g/mol. The van der Waals surface area contributed by atoms with Crippen molar-refractivity contribution < 1.29 is 22.8 Å². The Morgan fingerprint density at radius 3 is 2.55 bits per heavy atom. The van der Waals surface area contributed by atoms with Gasteiger partial charge in [-0.25, -0.2) is 4.79 Å². The third kappa shape index (κ3) is 4.49. The van der Waals surface area contributed by atoms with Gasteiger partial charge in [-0.05, 0) is 41.5 Å². The minimum absolute atomic E-state index is 0.00953. The molecule has 2 aliphatic heterocycles. The minimum Gasteiger partial charge on any atom is -0.393 e. The van der Waals surface area contributed by atoms with Crippen molar-refractivity contribution in [1.82, 2.24) is 15.1 Å². The molecule has 0 saturated heterocycles. The van der Waals surface area contributed by atoms with Gasteiger partial charge < -0.3 is 20.5 Å². The van der Waals surface area contributed by atoms with Gasteiger partial charge in [0.15, 0.2) is 0 Å². The number of alkyl halides is 3. The Morgan fingerprint density at radius 1 is 1.18 bits per heavy atom. The predicted octanol–water partition coefficient (Wildman–Crippen LogP) is 4.52. The zero-order valence-corrected chi connectivity index (χ0v) is 20.9. The van der Waals surface area contributed by atoms with Crippen LogP contribution >= 0.6 is 0 Å². The largest absolute Gasteiger partial charge is 0.416 e. The fourth-order valence-corrected chi connectivity index (χ4v) is 4.84. The number of urea groups is 1. The van der Waals surface area contributed by atoms with E-state index >= 15 is 0 Å². The summed E-state index contributed by atoms with van der Waals surface area (Å²) in [4.78, 5) is 31.4. The number of benzene rings is 2. The Balaban J connectivity index is 1.99. The van der Waals surface area contributed by atoms with Crippen LogP contribution in [-0.2, 0) is 11.0 Å². The third-order valence-electron chi connectivity index (χ3n) is 6.67. The smallest absolute Gasteiger partial charge is 0.393 e.